The van der Waals surface area contributed by atoms with Crippen molar-refractivity contribution in [3.05, 3.63) is 60.5 Å². The lowest BCUT2D eigenvalue weighted by atomic mass is 9.98. The lowest BCUT2D eigenvalue weighted by Gasteiger charge is -2.31. The van der Waals surface area contributed by atoms with Gasteiger partial charge in [-0.2, -0.15) is 0 Å². The molecular weight excluding hydrogens is 392 g/mol. The highest BCUT2D eigenvalue weighted by Crippen LogP contribution is 2.28. The fourth-order valence-electron chi connectivity index (χ4n) is 4.33. The first-order valence-corrected chi connectivity index (χ1v) is 10.6. The van der Waals surface area contributed by atoms with Crippen LogP contribution < -0.4 is 0 Å². The van der Waals surface area contributed by atoms with Crippen molar-refractivity contribution in [3.63, 3.8) is 0 Å². The maximum Gasteiger partial charge on any atom is 0.267 e. The van der Waals surface area contributed by atoms with Crippen LogP contribution in [0.5, 0.6) is 0 Å². The third-order valence-corrected chi connectivity index (χ3v) is 5.91. The fourth-order valence-corrected chi connectivity index (χ4v) is 4.33. The Morgan fingerprint density at radius 1 is 1.23 bits per heavy atom. The maximum atomic E-state index is 13.0. The minimum atomic E-state index is 0.0461. The molecule has 0 radical (unpaired) electrons. The van der Waals surface area contributed by atoms with Crippen LogP contribution in [-0.4, -0.2) is 48.6 Å². The smallest absolute Gasteiger partial charge is 0.267 e. The molecule has 4 heterocycles. The van der Waals surface area contributed by atoms with E-state index in [9.17, 15) is 4.79 Å². The number of amides is 1. The van der Waals surface area contributed by atoms with Gasteiger partial charge in [-0.1, -0.05) is 18.2 Å². The molecule has 3 aromatic heterocycles. The lowest BCUT2D eigenvalue weighted by molar-refractivity contribution is -0.132. The number of rotatable bonds is 5. The lowest BCUT2D eigenvalue weighted by Crippen LogP contribution is -2.39. The molecule has 5 rings (SSSR count). The van der Waals surface area contributed by atoms with Gasteiger partial charge < -0.3 is 13.9 Å². The van der Waals surface area contributed by atoms with Gasteiger partial charge in [0.25, 0.3) is 5.89 Å². The first-order chi connectivity index (χ1) is 15.2. The number of carbonyl (C=O) groups is 1. The van der Waals surface area contributed by atoms with Crippen molar-refractivity contribution < 1.29 is 9.21 Å². The summed E-state index contributed by atoms with van der Waals surface area (Å²) in [5.41, 5.74) is 2.90. The SMILES string of the molecule is Cc1cc2ccccc2n1CCC(=O)N1CCCC(c2nnc(-c3cnccn3)o2)C1. The number of carbonyl (C=O) groups excluding carboxylic acids is 1. The second-order valence-corrected chi connectivity index (χ2v) is 7.96. The summed E-state index contributed by atoms with van der Waals surface area (Å²) in [4.78, 5) is 23.1. The van der Waals surface area contributed by atoms with E-state index in [1.807, 2.05) is 17.0 Å². The predicted molar refractivity (Wildman–Crippen MR) is 115 cm³/mol. The van der Waals surface area contributed by atoms with E-state index in [0.717, 1.165) is 19.4 Å². The Morgan fingerprint density at radius 3 is 3.00 bits per heavy atom. The Morgan fingerprint density at radius 2 is 2.13 bits per heavy atom. The van der Waals surface area contributed by atoms with Gasteiger partial charge in [-0.3, -0.25) is 9.78 Å². The molecule has 1 unspecified atom stereocenters. The van der Waals surface area contributed by atoms with Gasteiger partial charge in [-0.25, -0.2) is 4.98 Å². The highest BCUT2D eigenvalue weighted by molar-refractivity contribution is 5.82. The van der Waals surface area contributed by atoms with E-state index in [1.54, 1.807) is 18.6 Å². The number of fused-ring (bicyclic) bond motifs is 1. The van der Waals surface area contributed by atoms with Gasteiger partial charge in [0.15, 0.2) is 0 Å². The molecular formula is C23H24N6O2. The topological polar surface area (TPSA) is 89.9 Å². The summed E-state index contributed by atoms with van der Waals surface area (Å²) in [6, 6.07) is 10.5. The van der Waals surface area contributed by atoms with Crippen molar-refractivity contribution in [2.45, 2.75) is 38.6 Å². The van der Waals surface area contributed by atoms with Crippen LogP contribution in [0.3, 0.4) is 0 Å². The molecule has 0 N–H and O–H groups in total. The molecule has 8 heteroatoms. The minimum Gasteiger partial charge on any atom is -0.419 e. The summed E-state index contributed by atoms with van der Waals surface area (Å²) < 4.78 is 8.08. The van der Waals surface area contributed by atoms with Crippen molar-refractivity contribution in [1.29, 1.82) is 0 Å². The van der Waals surface area contributed by atoms with Crippen LogP contribution in [0.4, 0.5) is 0 Å². The normalized spacial score (nSPS) is 16.7. The van der Waals surface area contributed by atoms with Gasteiger partial charge in [0.05, 0.1) is 12.1 Å². The number of aryl methyl sites for hydroxylation is 2. The standard InChI is InChI=1S/C23H24N6O2/c1-16-13-17-5-2-3-7-20(17)29(16)12-8-21(30)28-11-4-6-18(15-28)22-26-27-23(31-22)19-14-24-9-10-25-19/h2-3,5,7,9-10,13-14,18H,4,6,8,11-12,15H2,1H3. The number of aromatic nitrogens is 5. The molecule has 8 nitrogen and oxygen atoms in total. The van der Waals surface area contributed by atoms with Crippen molar-refractivity contribution in [3.8, 4) is 11.6 Å². The Balaban J connectivity index is 1.24. The summed E-state index contributed by atoms with van der Waals surface area (Å²) in [7, 11) is 0. The average Bonchev–Trinajstić information content (AvgIpc) is 3.43. The number of hydrogen-bond donors (Lipinski definition) is 0. The molecule has 1 aliphatic heterocycles. The zero-order chi connectivity index (χ0) is 21.2. The highest BCUT2D eigenvalue weighted by Gasteiger charge is 2.28. The zero-order valence-corrected chi connectivity index (χ0v) is 17.4. The number of benzene rings is 1. The van der Waals surface area contributed by atoms with E-state index in [2.05, 4.69) is 49.9 Å². The molecule has 1 saturated heterocycles. The number of para-hydroxylation sites is 1. The van der Waals surface area contributed by atoms with Crippen molar-refractivity contribution in [2.24, 2.45) is 0 Å². The number of piperidine rings is 1. The van der Waals surface area contributed by atoms with Gasteiger partial charge in [-0.15, -0.1) is 10.2 Å². The molecule has 0 aliphatic carbocycles. The summed E-state index contributed by atoms with van der Waals surface area (Å²) in [6.07, 6.45) is 7.11. The fraction of sp³-hybridized carbons (Fsp3) is 0.348. The Labute approximate surface area is 179 Å². The van der Waals surface area contributed by atoms with Gasteiger partial charge in [0, 0.05) is 49.7 Å². The first kappa shape index (κ1) is 19.4. The second kappa shape index (κ2) is 8.29. The van der Waals surface area contributed by atoms with Crippen molar-refractivity contribution in [1.82, 2.24) is 29.6 Å². The van der Waals surface area contributed by atoms with E-state index in [4.69, 9.17) is 4.42 Å². The number of hydrogen-bond acceptors (Lipinski definition) is 6. The van der Waals surface area contributed by atoms with Crippen LogP contribution in [0.1, 0.15) is 36.8 Å². The number of likely N-dealkylation sites (tertiary alicyclic amines) is 1. The van der Waals surface area contributed by atoms with E-state index in [-0.39, 0.29) is 11.8 Å². The highest BCUT2D eigenvalue weighted by atomic mass is 16.4. The third kappa shape index (κ3) is 3.93. The van der Waals surface area contributed by atoms with Crippen LogP contribution in [0, 0.1) is 6.92 Å². The van der Waals surface area contributed by atoms with Gasteiger partial charge in [-0.05, 0) is 37.3 Å². The van der Waals surface area contributed by atoms with E-state index in [0.29, 0.717) is 37.0 Å². The van der Waals surface area contributed by atoms with Gasteiger partial charge in [0.2, 0.25) is 11.8 Å². The molecule has 1 aromatic carbocycles. The second-order valence-electron chi connectivity index (χ2n) is 7.96. The molecule has 31 heavy (non-hydrogen) atoms. The van der Waals surface area contributed by atoms with E-state index >= 15 is 0 Å². The largest absolute Gasteiger partial charge is 0.419 e. The average molecular weight is 416 g/mol. The van der Waals surface area contributed by atoms with Crippen LogP contribution in [0.2, 0.25) is 0 Å². The number of nitrogens with zero attached hydrogens (tertiary/aromatic N) is 6. The predicted octanol–water partition coefficient (Wildman–Crippen LogP) is 3.59. The molecule has 0 saturated carbocycles. The van der Waals surface area contributed by atoms with Crippen LogP contribution in [-0.2, 0) is 11.3 Å². The van der Waals surface area contributed by atoms with Crippen LogP contribution >= 0.6 is 0 Å². The quantitative estimate of drug-likeness (QED) is 0.494. The summed E-state index contributed by atoms with van der Waals surface area (Å²) in [5.74, 6) is 1.13. The monoisotopic (exact) mass is 416 g/mol. The van der Waals surface area contributed by atoms with Crippen molar-refractivity contribution in [2.75, 3.05) is 13.1 Å². The van der Waals surface area contributed by atoms with E-state index < -0.39 is 0 Å². The minimum absolute atomic E-state index is 0.0461. The third-order valence-electron chi connectivity index (χ3n) is 5.91. The van der Waals surface area contributed by atoms with Gasteiger partial charge >= 0.3 is 0 Å². The van der Waals surface area contributed by atoms with Crippen LogP contribution in [0.15, 0.2) is 53.3 Å². The summed E-state index contributed by atoms with van der Waals surface area (Å²) in [5, 5.41) is 9.54. The summed E-state index contributed by atoms with van der Waals surface area (Å²) in [6.45, 7) is 4.14. The molecule has 1 atom stereocenters. The van der Waals surface area contributed by atoms with Crippen LogP contribution in [0.25, 0.3) is 22.5 Å². The summed E-state index contributed by atoms with van der Waals surface area (Å²) >= 11 is 0. The molecule has 158 valence electrons. The first-order valence-electron chi connectivity index (χ1n) is 10.6. The van der Waals surface area contributed by atoms with Gasteiger partial charge in [0.1, 0.15) is 5.69 Å². The molecule has 4 aromatic rings. The molecule has 0 spiro atoms. The molecule has 1 amide bonds. The molecule has 1 aliphatic rings. The maximum absolute atomic E-state index is 13.0. The Hall–Kier alpha value is -3.55. The Bertz CT molecular complexity index is 1200. The Kier molecular flexibility index (Phi) is 5.19. The molecule has 0 bridgehead atoms. The van der Waals surface area contributed by atoms with Crippen molar-refractivity contribution >= 4 is 16.8 Å². The van der Waals surface area contributed by atoms with E-state index in [1.165, 1.54) is 16.6 Å². The molecule has 1 fully saturated rings. The zero-order valence-electron chi connectivity index (χ0n) is 17.4.